The van der Waals surface area contributed by atoms with Gasteiger partial charge in [0.05, 0.1) is 4.90 Å². The SMILES string of the molecule is NS(=O)(=O)c1cccc(NC(=O)c2cccc(N3CCCC3=O)c2)c1. The minimum atomic E-state index is -3.85. The topological polar surface area (TPSA) is 110 Å². The highest BCUT2D eigenvalue weighted by atomic mass is 32.2. The predicted molar refractivity (Wildman–Crippen MR) is 93.8 cm³/mol. The molecule has 2 aromatic carbocycles. The Bertz CT molecular complexity index is 940. The van der Waals surface area contributed by atoms with Crippen molar-refractivity contribution in [3.63, 3.8) is 0 Å². The highest BCUT2D eigenvalue weighted by Crippen LogP contribution is 2.23. The Kier molecular flexibility index (Phi) is 4.56. The number of anilines is 2. The van der Waals surface area contributed by atoms with Crippen LogP contribution in [0.1, 0.15) is 23.2 Å². The van der Waals surface area contributed by atoms with Gasteiger partial charge in [0.25, 0.3) is 5.91 Å². The summed E-state index contributed by atoms with van der Waals surface area (Å²) < 4.78 is 22.8. The van der Waals surface area contributed by atoms with E-state index in [0.29, 0.717) is 29.9 Å². The Hall–Kier alpha value is -2.71. The number of sulfonamides is 1. The van der Waals surface area contributed by atoms with Crippen LogP contribution in [0.15, 0.2) is 53.4 Å². The fourth-order valence-corrected chi connectivity index (χ4v) is 3.25. The monoisotopic (exact) mass is 359 g/mol. The minimum Gasteiger partial charge on any atom is -0.322 e. The lowest BCUT2D eigenvalue weighted by atomic mass is 10.1. The molecule has 0 aliphatic carbocycles. The van der Waals surface area contributed by atoms with Crippen LogP contribution in [0.25, 0.3) is 0 Å². The maximum absolute atomic E-state index is 12.4. The van der Waals surface area contributed by atoms with Crippen molar-refractivity contribution in [3.05, 3.63) is 54.1 Å². The molecular formula is C17H17N3O4S. The first-order chi connectivity index (χ1) is 11.8. The number of nitrogens with zero attached hydrogens (tertiary/aromatic N) is 1. The Morgan fingerprint density at radius 1 is 1.12 bits per heavy atom. The average Bonchev–Trinajstić information content (AvgIpc) is 3.00. The molecule has 2 aromatic rings. The van der Waals surface area contributed by atoms with Crippen LogP contribution in [0.2, 0.25) is 0 Å². The summed E-state index contributed by atoms with van der Waals surface area (Å²) >= 11 is 0. The van der Waals surface area contributed by atoms with Gasteiger partial charge in [0.2, 0.25) is 15.9 Å². The predicted octanol–water partition coefficient (Wildman–Crippen LogP) is 1.71. The number of hydrogen-bond acceptors (Lipinski definition) is 4. The second-order valence-corrected chi connectivity index (χ2v) is 7.29. The average molecular weight is 359 g/mol. The van der Waals surface area contributed by atoms with Gasteiger partial charge in [-0.05, 0) is 42.8 Å². The second kappa shape index (κ2) is 6.66. The van der Waals surface area contributed by atoms with Gasteiger partial charge in [-0.3, -0.25) is 9.59 Å². The number of nitrogens with two attached hydrogens (primary N) is 1. The quantitative estimate of drug-likeness (QED) is 0.866. The molecule has 0 saturated carbocycles. The van der Waals surface area contributed by atoms with Gasteiger partial charge in [0.1, 0.15) is 0 Å². The summed E-state index contributed by atoms with van der Waals surface area (Å²) in [6.07, 6.45) is 1.31. The molecule has 3 N–H and O–H groups in total. The van der Waals surface area contributed by atoms with E-state index in [9.17, 15) is 18.0 Å². The molecule has 0 radical (unpaired) electrons. The summed E-state index contributed by atoms with van der Waals surface area (Å²) in [5.74, 6) is -0.363. The lowest BCUT2D eigenvalue weighted by Crippen LogP contribution is -2.24. The molecule has 1 saturated heterocycles. The van der Waals surface area contributed by atoms with Gasteiger partial charge in [-0.2, -0.15) is 0 Å². The first-order valence-corrected chi connectivity index (χ1v) is 9.24. The highest BCUT2D eigenvalue weighted by molar-refractivity contribution is 7.89. The fourth-order valence-electron chi connectivity index (χ4n) is 2.69. The molecule has 1 aliphatic heterocycles. The number of amides is 2. The van der Waals surface area contributed by atoms with Crippen LogP contribution >= 0.6 is 0 Å². The van der Waals surface area contributed by atoms with Crippen molar-refractivity contribution in [2.75, 3.05) is 16.8 Å². The van der Waals surface area contributed by atoms with Gasteiger partial charge < -0.3 is 10.2 Å². The van der Waals surface area contributed by atoms with Crippen LogP contribution in [-0.4, -0.2) is 26.8 Å². The third-order valence-corrected chi connectivity index (χ3v) is 4.82. The fraction of sp³-hybridized carbons (Fsp3) is 0.176. The molecule has 1 fully saturated rings. The number of hydrogen-bond donors (Lipinski definition) is 2. The maximum atomic E-state index is 12.4. The molecule has 0 atom stereocenters. The standard InChI is InChI=1S/C17H17N3O4S/c18-25(23,24)15-7-2-5-13(11-15)19-17(22)12-4-1-6-14(10-12)20-9-3-8-16(20)21/h1-2,4-7,10-11H,3,8-9H2,(H,19,22)(H2,18,23,24). The molecular weight excluding hydrogens is 342 g/mol. The second-order valence-electron chi connectivity index (χ2n) is 5.73. The smallest absolute Gasteiger partial charge is 0.255 e. The summed E-state index contributed by atoms with van der Waals surface area (Å²) in [6.45, 7) is 0.639. The molecule has 0 bridgehead atoms. The number of primary sulfonamides is 1. The summed E-state index contributed by atoms with van der Waals surface area (Å²) in [5.41, 5.74) is 1.37. The van der Waals surface area contributed by atoms with Crippen LogP contribution in [0.5, 0.6) is 0 Å². The summed E-state index contributed by atoms with van der Waals surface area (Å²) in [4.78, 5) is 25.8. The van der Waals surface area contributed by atoms with Crippen LogP contribution in [0.4, 0.5) is 11.4 Å². The van der Waals surface area contributed by atoms with Gasteiger partial charge in [-0.25, -0.2) is 13.6 Å². The van der Waals surface area contributed by atoms with E-state index in [1.165, 1.54) is 18.2 Å². The number of benzene rings is 2. The maximum Gasteiger partial charge on any atom is 0.255 e. The molecule has 3 rings (SSSR count). The van der Waals surface area contributed by atoms with Crippen molar-refractivity contribution < 1.29 is 18.0 Å². The van der Waals surface area contributed by atoms with Crippen LogP contribution < -0.4 is 15.4 Å². The Labute approximate surface area is 145 Å². The van der Waals surface area contributed by atoms with Crippen molar-refractivity contribution in [2.24, 2.45) is 5.14 Å². The van der Waals surface area contributed by atoms with E-state index in [0.717, 1.165) is 6.42 Å². The van der Waals surface area contributed by atoms with Crippen molar-refractivity contribution in [3.8, 4) is 0 Å². The molecule has 1 aliphatic rings. The van der Waals surface area contributed by atoms with Crippen molar-refractivity contribution in [1.29, 1.82) is 0 Å². The first-order valence-electron chi connectivity index (χ1n) is 7.69. The summed E-state index contributed by atoms with van der Waals surface area (Å²) in [5, 5.41) is 7.73. The molecule has 0 unspecified atom stereocenters. The van der Waals surface area contributed by atoms with E-state index in [4.69, 9.17) is 5.14 Å². The van der Waals surface area contributed by atoms with E-state index < -0.39 is 15.9 Å². The number of nitrogens with one attached hydrogen (secondary N) is 1. The normalized spacial score (nSPS) is 14.6. The number of carbonyl (C=O) groups is 2. The molecule has 0 spiro atoms. The van der Waals surface area contributed by atoms with E-state index in [-0.39, 0.29) is 10.8 Å². The highest BCUT2D eigenvalue weighted by Gasteiger charge is 2.22. The van der Waals surface area contributed by atoms with E-state index in [2.05, 4.69) is 5.32 Å². The van der Waals surface area contributed by atoms with E-state index >= 15 is 0 Å². The van der Waals surface area contributed by atoms with E-state index in [1.807, 2.05) is 0 Å². The largest absolute Gasteiger partial charge is 0.322 e. The molecule has 0 aromatic heterocycles. The zero-order chi connectivity index (χ0) is 18.0. The molecule has 130 valence electrons. The molecule has 1 heterocycles. The van der Waals surface area contributed by atoms with Gasteiger partial charge in [0.15, 0.2) is 0 Å². The van der Waals surface area contributed by atoms with Crippen LogP contribution in [0.3, 0.4) is 0 Å². The lowest BCUT2D eigenvalue weighted by Gasteiger charge is -2.16. The lowest BCUT2D eigenvalue weighted by molar-refractivity contribution is -0.117. The zero-order valence-corrected chi connectivity index (χ0v) is 14.1. The van der Waals surface area contributed by atoms with Crippen LogP contribution in [0, 0.1) is 0 Å². The Balaban J connectivity index is 1.81. The third-order valence-electron chi connectivity index (χ3n) is 3.91. The van der Waals surface area contributed by atoms with Gasteiger partial charge in [0, 0.05) is 29.9 Å². The zero-order valence-electron chi connectivity index (χ0n) is 13.3. The Morgan fingerprint density at radius 2 is 1.88 bits per heavy atom. The van der Waals surface area contributed by atoms with Crippen molar-refractivity contribution in [2.45, 2.75) is 17.7 Å². The molecule has 25 heavy (non-hydrogen) atoms. The van der Waals surface area contributed by atoms with Gasteiger partial charge in [-0.15, -0.1) is 0 Å². The Morgan fingerprint density at radius 3 is 2.56 bits per heavy atom. The summed E-state index contributed by atoms with van der Waals surface area (Å²) in [6, 6.07) is 12.5. The third kappa shape index (κ3) is 3.86. The number of rotatable bonds is 4. The van der Waals surface area contributed by atoms with E-state index in [1.54, 1.807) is 35.2 Å². The molecule has 7 nitrogen and oxygen atoms in total. The van der Waals surface area contributed by atoms with Crippen LogP contribution in [-0.2, 0) is 14.8 Å². The van der Waals surface area contributed by atoms with Gasteiger partial charge >= 0.3 is 0 Å². The minimum absolute atomic E-state index is 0.0402. The molecule has 8 heteroatoms. The van der Waals surface area contributed by atoms with Crippen molar-refractivity contribution >= 4 is 33.2 Å². The van der Waals surface area contributed by atoms with Crippen molar-refractivity contribution in [1.82, 2.24) is 0 Å². The summed E-state index contributed by atoms with van der Waals surface area (Å²) in [7, 11) is -3.85. The van der Waals surface area contributed by atoms with Gasteiger partial charge in [-0.1, -0.05) is 12.1 Å². The molecule has 2 amide bonds. The first kappa shape index (κ1) is 17.1. The number of carbonyl (C=O) groups excluding carboxylic acids is 2.